The zero-order valence-corrected chi connectivity index (χ0v) is 11.9. The molecule has 0 spiro atoms. The standard InChI is InChI=1S/C15H23NO2/c1-9-6-10(2)12(4)14(11(9)3)7-13(16-5)8-15(17)18/h6,13,16H,7-8H2,1-5H3,(H,17,18). The Morgan fingerprint density at radius 3 is 2.11 bits per heavy atom. The molecule has 1 rings (SSSR count). The van der Waals surface area contributed by atoms with E-state index in [1.165, 1.54) is 27.8 Å². The number of hydrogen-bond donors (Lipinski definition) is 2. The minimum Gasteiger partial charge on any atom is -0.481 e. The summed E-state index contributed by atoms with van der Waals surface area (Å²) in [5, 5.41) is 12.0. The second kappa shape index (κ2) is 6.01. The molecule has 3 heteroatoms. The van der Waals surface area contributed by atoms with Crippen molar-refractivity contribution in [3.63, 3.8) is 0 Å². The molecule has 0 amide bonds. The summed E-state index contributed by atoms with van der Waals surface area (Å²) >= 11 is 0. The Morgan fingerprint density at radius 2 is 1.72 bits per heavy atom. The van der Waals surface area contributed by atoms with Gasteiger partial charge in [0.15, 0.2) is 0 Å². The van der Waals surface area contributed by atoms with Crippen molar-refractivity contribution in [1.82, 2.24) is 5.32 Å². The van der Waals surface area contributed by atoms with E-state index in [0.29, 0.717) is 0 Å². The van der Waals surface area contributed by atoms with Gasteiger partial charge in [0.25, 0.3) is 0 Å². The summed E-state index contributed by atoms with van der Waals surface area (Å²) in [5.41, 5.74) is 6.40. The number of aryl methyl sites for hydroxylation is 2. The minimum absolute atomic E-state index is 0.0129. The van der Waals surface area contributed by atoms with Gasteiger partial charge in [-0.25, -0.2) is 0 Å². The average molecular weight is 249 g/mol. The van der Waals surface area contributed by atoms with Crippen molar-refractivity contribution >= 4 is 5.97 Å². The van der Waals surface area contributed by atoms with Gasteiger partial charge < -0.3 is 10.4 Å². The fraction of sp³-hybridized carbons (Fsp3) is 0.533. The van der Waals surface area contributed by atoms with Crippen molar-refractivity contribution in [3.05, 3.63) is 33.9 Å². The summed E-state index contributed by atoms with van der Waals surface area (Å²) in [4.78, 5) is 10.8. The van der Waals surface area contributed by atoms with Crippen molar-refractivity contribution in [1.29, 1.82) is 0 Å². The highest BCUT2D eigenvalue weighted by Gasteiger charge is 2.16. The van der Waals surface area contributed by atoms with Crippen molar-refractivity contribution < 1.29 is 9.90 Å². The molecular formula is C15H23NO2. The van der Waals surface area contributed by atoms with Crippen LogP contribution in [0.2, 0.25) is 0 Å². The first-order valence-corrected chi connectivity index (χ1v) is 6.32. The van der Waals surface area contributed by atoms with Gasteiger partial charge in [-0.3, -0.25) is 4.79 Å². The van der Waals surface area contributed by atoms with Crippen molar-refractivity contribution in [3.8, 4) is 0 Å². The van der Waals surface area contributed by atoms with E-state index in [1.54, 1.807) is 0 Å². The van der Waals surface area contributed by atoms with Crippen molar-refractivity contribution in [2.75, 3.05) is 7.05 Å². The molecule has 0 fully saturated rings. The maximum atomic E-state index is 10.8. The van der Waals surface area contributed by atoms with Crippen LogP contribution in [-0.2, 0) is 11.2 Å². The largest absolute Gasteiger partial charge is 0.481 e. The molecule has 0 saturated heterocycles. The summed E-state index contributed by atoms with van der Waals surface area (Å²) < 4.78 is 0. The number of likely N-dealkylation sites (N-methyl/N-ethyl adjacent to an activating group) is 1. The smallest absolute Gasteiger partial charge is 0.304 e. The molecule has 2 N–H and O–H groups in total. The maximum absolute atomic E-state index is 10.8. The van der Waals surface area contributed by atoms with E-state index in [0.717, 1.165) is 6.42 Å². The van der Waals surface area contributed by atoms with Crippen LogP contribution in [0.25, 0.3) is 0 Å². The van der Waals surface area contributed by atoms with E-state index >= 15 is 0 Å². The lowest BCUT2D eigenvalue weighted by atomic mass is 9.89. The van der Waals surface area contributed by atoms with Gasteiger partial charge in [-0.05, 0) is 69.0 Å². The Bertz CT molecular complexity index is 426. The topological polar surface area (TPSA) is 49.3 Å². The highest BCUT2D eigenvalue weighted by Crippen LogP contribution is 2.23. The summed E-state index contributed by atoms with van der Waals surface area (Å²) in [6, 6.07) is 2.18. The maximum Gasteiger partial charge on any atom is 0.304 e. The van der Waals surface area contributed by atoms with Crippen molar-refractivity contribution in [2.24, 2.45) is 0 Å². The third kappa shape index (κ3) is 3.33. The SMILES string of the molecule is CNC(CC(=O)O)Cc1c(C)c(C)cc(C)c1C. The number of carboxylic acids is 1. The van der Waals surface area contributed by atoms with Crippen molar-refractivity contribution in [2.45, 2.75) is 46.6 Å². The second-order valence-electron chi connectivity index (χ2n) is 5.03. The normalized spacial score (nSPS) is 12.5. The van der Waals surface area contributed by atoms with Gasteiger partial charge in [0.05, 0.1) is 6.42 Å². The van der Waals surface area contributed by atoms with Crippen LogP contribution in [0.15, 0.2) is 6.07 Å². The number of aliphatic carboxylic acids is 1. The van der Waals surface area contributed by atoms with Crippen LogP contribution in [0.1, 0.15) is 34.2 Å². The Balaban J connectivity index is 3.05. The zero-order chi connectivity index (χ0) is 13.9. The molecule has 1 unspecified atom stereocenters. The van der Waals surface area contributed by atoms with Gasteiger partial charge in [-0.15, -0.1) is 0 Å². The molecule has 1 atom stereocenters. The Morgan fingerprint density at radius 1 is 1.22 bits per heavy atom. The Hall–Kier alpha value is -1.35. The van der Waals surface area contributed by atoms with Crippen LogP contribution < -0.4 is 5.32 Å². The molecule has 0 radical (unpaired) electrons. The molecule has 0 bridgehead atoms. The lowest BCUT2D eigenvalue weighted by Gasteiger charge is -2.20. The fourth-order valence-electron chi connectivity index (χ4n) is 2.34. The van der Waals surface area contributed by atoms with E-state index in [-0.39, 0.29) is 12.5 Å². The number of nitrogens with one attached hydrogen (secondary N) is 1. The second-order valence-corrected chi connectivity index (χ2v) is 5.03. The lowest BCUT2D eigenvalue weighted by molar-refractivity contribution is -0.137. The molecule has 18 heavy (non-hydrogen) atoms. The first-order chi connectivity index (χ1) is 8.36. The number of carboxylic acid groups (broad SMARTS) is 1. The molecule has 0 saturated carbocycles. The van der Waals surface area contributed by atoms with E-state index < -0.39 is 5.97 Å². The summed E-state index contributed by atoms with van der Waals surface area (Å²) in [6.07, 6.45) is 0.922. The van der Waals surface area contributed by atoms with Gasteiger partial charge in [0.2, 0.25) is 0 Å². The van der Waals surface area contributed by atoms with Crippen LogP contribution in [-0.4, -0.2) is 24.2 Å². The highest BCUT2D eigenvalue weighted by molar-refractivity contribution is 5.67. The first kappa shape index (κ1) is 14.7. The molecule has 1 aromatic rings. The van der Waals surface area contributed by atoms with E-state index in [1.807, 2.05) is 7.05 Å². The first-order valence-electron chi connectivity index (χ1n) is 6.32. The lowest BCUT2D eigenvalue weighted by Crippen LogP contribution is -2.31. The number of rotatable bonds is 5. The average Bonchev–Trinajstić information content (AvgIpc) is 2.30. The number of benzene rings is 1. The molecule has 3 nitrogen and oxygen atoms in total. The van der Waals surface area contributed by atoms with Gasteiger partial charge in [0.1, 0.15) is 0 Å². The molecule has 0 aromatic heterocycles. The van der Waals surface area contributed by atoms with Gasteiger partial charge >= 0.3 is 5.97 Å². The predicted molar refractivity (Wildman–Crippen MR) is 74.2 cm³/mol. The van der Waals surface area contributed by atoms with Crippen LogP contribution in [0.5, 0.6) is 0 Å². The third-order valence-electron chi connectivity index (χ3n) is 3.80. The Kier molecular flexibility index (Phi) is 4.91. The van der Waals surface area contributed by atoms with E-state index in [9.17, 15) is 4.79 Å². The highest BCUT2D eigenvalue weighted by atomic mass is 16.4. The van der Waals surface area contributed by atoms with E-state index in [4.69, 9.17) is 5.11 Å². The fourth-order valence-corrected chi connectivity index (χ4v) is 2.34. The van der Waals surface area contributed by atoms with Crippen LogP contribution in [0.3, 0.4) is 0 Å². The van der Waals surface area contributed by atoms with Gasteiger partial charge in [0, 0.05) is 6.04 Å². The zero-order valence-electron chi connectivity index (χ0n) is 11.9. The van der Waals surface area contributed by atoms with Crippen LogP contribution >= 0.6 is 0 Å². The molecular weight excluding hydrogens is 226 g/mol. The molecule has 0 heterocycles. The van der Waals surface area contributed by atoms with Crippen LogP contribution in [0.4, 0.5) is 0 Å². The monoisotopic (exact) mass is 249 g/mol. The summed E-state index contributed by atoms with van der Waals surface area (Å²) in [7, 11) is 1.82. The third-order valence-corrected chi connectivity index (χ3v) is 3.80. The number of carbonyl (C=O) groups is 1. The van der Waals surface area contributed by atoms with Crippen LogP contribution in [0, 0.1) is 27.7 Å². The molecule has 0 aliphatic heterocycles. The molecule has 1 aromatic carbocycles. The number of hydrogen-bond acceptors (Lipinski definition) is 2. The minimum atomic E-state index is -0.756. The van der Waals surface area contributed by atoms with Gasteiger partial charge in [-0.2, -0.15) is 0 Å². The molecule has 0 aliphatic carbocycles. The quantitative estimate of drug-likeness (QED) is 0.843. The summed E-state index contributed by atoms with van der Waals surface area (Å²) in [5.74, 6) is -0.756. The molecule has 100 valence electrons. The summed E-state index contributed by atoms with van der Waals surface area (Å²) in [6.45, 7) is 8.45. The Labute approximate surface area is 109 Å². The predicted octanol–water partition coefficient (Wildman–Crippen LogP) is 2.53. The van der Waals surface area contributed by atoms with Gasteiger partial charge in [-0.1, -0.05) is 6.07 Å². The van der Waals surface area contributed by atoms with E-state index in [2.05, 4.69) is 39.1 Å². The molecule has 0 aliphatic rings.